The molecule has 1 amide bonds. The largest absolute Gasteiger partial charge is 1.00 e. The second-order valence-electron chi connectivity index (χ2n) is 2.02. The van der Waals surface area contributed by atoms with Crippen molar-refractivity contribution in [2.45, 2.75) is 19.1 Å². The topological polar surface area (TPSA) is 69.2 Å². The number of halogens is 3. The van der Waals surface area contributed by atoms with Gasteiger partial charge in [-0.1, -0.05) is 0 Å². The molecule has 0 radical (unpaired) electrons. The molecule has 0 heterocycles. The van der Waals surface area contributed by atoms with Gasteiger partial charge in [0.1, 0.15) is 12.0 Å². The van der Waals surface area contributed by atoms with E-state index < -0.39 is 24.1 Å². The third-order valence-electron chi connectivity index (χ3n) is 1.02. The van der Waals surface area contributed by atoms with E-state index in [0.29, 0.717) is 6.92 Å². The van der Waals surface area contributed by atoms with Crippen molar-refractivity contribution in [2.24, 2.45) is 0 Å². The molecular formula is C5H5F3NNaO3. The molecule has 0 aliphatic carbocycles. The van der Waals surface area contributed by atoms with E-state index in [1.54, 1.807) is 0 Å². The summed E-state index contributed by atoms with van der Waals surface area (Å²) >= 11 is 0. The Morgan fingerprint density at radius 2 is 1.77 bits per heavy atom. The van der Waals surface area contributed by atoms with E-state index in [9.17, 15) is 27.9 Å². The standard InChI is InChI=1S/C5H6F3NO3.Na/c1-2(5(6,7)8)9-3(10)4(11)12;/h2H,1H3,(H,9,10)(H,11,12);/q;+1/p-1. The van der Waals surface area contributed by atoms with E-state index in [1.165, 1.54) is 5.32 Å². The number of hydrogen-bond donors (Lipinski definition) is 1. The Balaban J connectivity index is 0. The number of carboxylic acids is 1. The average Bonchev–Trinajstić information content (AvgIpc) is 1.85. The molecule has 70 valence electrons. The number of carboxylic acid groups (broad SMARTS) is 1. The third-order valence-corrected chi connectivity index (χ3v) is 1.02. The Hall–Kier alpha value is -0.270. The van der Waals surface area contributed by atoms with Crippen LogP contribution in [0.3, 0.4) is 0 Å². The maximum Gasteiger partial charge on any atom is 1.00 e. The molecule has 1 atom stereocenters. The average molecular weight is 207 g/mol. The first-order chi connectivity index (χ1) is 5.25. The molecule has 0 aliphatic rings. The van der Waals surface area contributed by atoms with E-state index in [2.05, 4.69) is 0 Å². The van der Waals surface area contributed by atoms with Crippen molar-refractivity contribution >= 4 is 11.9 Å². The molecule has 8 heteroatoms. The van der Waals surface area contributed by atoms with Crippen LogP contribution in [0.2, 0.25) is 0 Å². The van der Waals surface area contributed by atoms with Crippen LogP contribution in [0.5, 0.6) is 0 Å². The predicted molar refractivity (Wildman–Crippen MR) is 28.7 cm³/mol. The molecule has 0 saturated heterocycles. The molecule has 0 aliphatic heterocycles. The normalized spacial score (nSPS) is 12.6. The molecule has 0 aromatic rings. The van der Waals surface area contributed by atoms with Gasteiger partial charge in [0.2, 0.25) is 0 Å². The summed E-state index contributed by atoms with van der Waals surface area (Å²) in [5.41, 5.74) is 0. The minimum atomic E-state index is -4.65. The summed E-state index contributed by atoms with van der Waals surface area (Å²) in [5.74, 6) is -3.97. The summed E-state index contributed by atoms with van der Waals surface area (Å²) in [7, 11) is 0. The minimum absolute atomic E-state index is 0. The van der Waals surface area contributed by atoms with Crippen molar-refractivity contribution in [2.75, 3.05) is 0 Å². The van der Waals surface area contributed by atoms with Crippen molar-refractivity contribution in [3.05, 3.63) is 0 Å². The van der Waals surface area contributed by atoms with Gasteiger partial charge in [0.05, 0.1) is 0 Å². The number of carbonyl (C=O) groups is 2. The minimum Gasteiger partial charge on any atom is -0.540 e. The van der Waals surface area contributed by atoms with Gasteiger partial charge in [-0.3, -0.25) is 4.79 Å². The summed E-state index contributed by atoms with van der Waals surface area (Å²) < 4.78 is 34.9. The fourth-order valence-corrected chi connectivity index (χ4v) is 0.337. The van der Waals surface area contributed by atoms with Gasteiger partial charge in [-0.15, -0.1) is 0 Å². The van der Waals surface area contributed by atoms with Crippen LogP contribution in [0.15, 0.2) is 0 Å². The zero-order valence-electron chi connectivity index (χ0n) is 6.94. The fourth-order valence-electron chi connectivity index (χ4n) is 0.337. The van der Waals surface area contributed by atoms with E-state index in [1.807, 2.05) is 0 Å². The predicted octanol–water partition coefficient (Wildman–Crippen LogP) is -4.19. The van der Waals surface area contributed by atoms with Crippen molar-refractivity contribution in [3.8, 4) is 0 Å². The smallest absolute Gasteiger partial charge is 0.540 e. The quantitative estimate of drug-likeness (QED) is 0.350. The van der Waals surface area contributed by atoms with Crippen LogP contribution >= 0.6 is 0 Å². The first kappa shape index (κ1) is 15.2. The molecule has 0 rings (SSSR count). The Bertz CT molecular complexity index is 206. The second kappa shape index (κ2) is 5.46. The van der Waals surface area contributed by atoms with Gasteiger partial charge in [0.15, 0.2) is 0 Å². The molecular weight excluding hydrogens is 202 g/mol. The summed E-state index contributed by atoms with van der Waals surface area (Å²) in [4.78, 5) is 19.8. The van der Waals surface area contributed by atoms with Gasteiger partial charge in [0, 0.05) is 0 Å². The van der Waals surface area contributed by atoms with E-state index in [4.69, 9.17) is 0 Å². The van der Waals surface area contributed by atoms with Crippen molar-refractivity contribution in [3.63, 3.8) is 0 Å². The van der Waals surface area contributed by atoms with Crippen LogP contribution in [0.1, 0.15) is 6.92 Å². The SMILES string of the molecule is CC(NC(=O)C(=O)[O-])C(F)(F)F.[Na+]. The molecule has 0 aromatic carbocycles. The summed E-state index contributed by atoms with van der Waals surface area (Å²) in [6.07, 6.45) is -4.65. The molecule has 0 saturated carbocycles. The molecule has 0 bridgehead atoms. The van der Waals surface area contributed by atoms with Crippen molar-refractivity contribution in [1.29, 1.82) is 0 Å². The van der Waals surface area contributed by atoms with Crippen molar-refractivity contribution in [1.82, 2.24) is 5.32 Å². The number of carbonyl (C=O) groups excluding carboxylic acids is 2. The second-order valence-corrected chi connectivity index (χ2v) is 2.02. The molecule has 0 spiro atoms. The monoisotopic (exact) mass is 207 g/mol. The Kier molecular flexibility index (Phi) is 6.39. The number of hydrogen-bond acceptors (Lipinski definition) is 3. The van der Waals surface area contributed by atoms with E-state index in [0.717, 1.165) is 0 Å². The first-order valence-corrected chi connectivity index (χ1v) is 2.83. The number of alkyl halides is 3. The van der Waals surface area contributed by atoms with Crippen LogP contribution in [0.25, 0.3) is 0 Å². The van der Waals surface area contributed by atoms with Crippen LogP contribution < -0.4 is 40.0 Å². The van der Waals surface area contributed by atoms with Crippen LogP contribution in [-0.4, -0.2) is 24.1 Å². The Labute approximate surface area is 93.8 Å². The van der Waals surface area contributed by atoms with Gasteiger partial charge in [0.25, 0.3) is 5.91 Å². The van der Waals surface area contributed by atoms with Gasteiger partial charge in [-0.2, -0.15) is 13.2 Å². The van der Waals surface area contributed by atoms with E-state index >= 15 is 0 Å². The number of nitrogens with one attached hydrogen (secondary N) is 1. The molecule has 0 aromatic heterocycles. The summed E-state index contributed by atoms with van der Waals surface area (Å²) in [5, 5.41) is 10.9. The zero-order valence-corrected chi connectivity index (χ0v) is 8.94. The van der Waals surface area contributed by atoms with Crippen LogP contribution in [0.4, 0.5) is 13.2 Å². The Morgan fingerprint density at radius 3 is 2.00 bits per heavy atom. The molecule has 1 unspecified atom stereocenters. The maximum absolute atomic E-state index is 11.6. The first-order valence-electron chi connectivity index (χ1n) is 2.83. The van der Waals surface area contributed by atoms with Crippen LogP contribution in [0, 0.1) is 0 Å². The summed E-state index contributed by atoms with van der Waals surface area (Å²) in [6.45, 7) is 0.626. The number of aliphatic carboxylic acids is 1. The van der Waals surface area contributed by atoms with E-state index in [-0.39, 0.29) is 29.6 Å². The number of amides is 1. The zero-order chi connectivity index (χ0) is 9.94. The van der Waals surface area contributed by atoms with Gasteiger partial charge in [-0.05, 0) is 6.92 Å². The molecule has 4 nitrogen and oxygen atoms in total. The van der Waals surface area contributed by atoms with Crippen LogP contribution in [-0.2, 0) is 9.59 Å². The molecule has 0 fully saturated rings. The Morgan fingerprint density at radius 1 is 1.38 bits per heavy atom. The fraction of sp³-hybridized carbons (Fsp3) is 0.600. The van der Waals surface area contributed by atoms with Gasteiger partial charge >= 0.3 is 35.7 Å². The number of rotatable bonds is 1. The van der Waals surface area contributed by atoms with Gasteiger partial charge < -0.3 is 15.2 Å². The molecule has 1 N–H and O–H groups in total. The molecule has 13 heavy (non-hydrogen) atoms. The van der Waals surface area contributed by atoms with Gasteiger partial charge in [-0.25, -0.2) is 0 Å². The maximum atomic E-state index is 11.6. The van der Waals surface area contributed by atoms with Crippen molar-refractivity contribution < 1.29 is 57.4 Å². The third kappa shape index (κ3) is 5.89. The summed E-state index contributed by atoms with van der Waals surface area (Å²) in [6, 6.07) is -2.19.